The number of hydrazine groups is 1. The summed E-state index contributed by atoms with van der Waals surface area (Å²) in [5.74, 6) is 10.6. The van der Waals surface area contributed by atoms with Crippen molar-refractivity contribution in [3.63, 3.8) is 0 Å². The van der Waals surface area contributed by atoms with Gasteiger partial charge in [-0.3, -0.25) is 10.2 Å². The number of nitrogens with two attached hydrogens (primary N) is 2. The zero-order valence-electron chi connectivity index (χ0n) is 7.67. The Morgan fingerprint density at radius 2 is 2.57 bits per heavy atom. The van der Waals surface area contributed by atoms with Crippen LogP contribution in [-0.4, -0.2) is 26.5 Å². The maximum atomic E-state index is 11.0. The van der Waals surface area contributed by atoms with Crippen LogP contribution in [0.1, 0.15) is 6.92 Å². The highest BCUT2D eigenvalue weighted by Gasteiger charge is 2.13. The predicted octanol–water partition coefficient (Wildman–Crippen LogP) is -1.29. The Morgan fingerprint density at radius 1 is 1.86 bits per heavy atom. The van der Waals surface area contributed by atoms with E-state index in [9.17, 15) is 4.79 Å². The predicted molar refractivity (Wildman–Crippen MR) is 52.4 cm³/mol. The normalized spacial score (nSPS) is 12.4. The fourth-order valence-corrected chi connectivity index (χ4v) is 1.60. The fourth-order valence-electron chi connectivity index (χ4n) is 0.753. The molecule has 0 aliphatic rings. The Kier molecular flexibility index (Phi) is 3.72. The smallest absolute Gasteiger partial charge is 0.237 e. The van der Waals surface area contributed by atoms with E-state index in [1.165, 1.54) is 22.8 Å². The summed E-state index contributed by atoms with van der Waals surface area (Å²) in [6.45, 7) is 1.77. The van der Waals surface area contributed by atoms with E-state index in [0.29, 0.717) is 10.9 Å². The van der Waals surface area contributed by atoms with Crippen LogP contribution in [0.15, 0.2) is 11.5 Å². The van der Waals surface area contributed by atoms with Gasteiger partial charge in [-0.05, 0) is 0 Å². The van der Waals surface area contributed by atoms with Crippen LogP contribution >= 0.6 is 11.8 Å². The number of nitrogens with one attached hydrogen (secondary N) is 1. The molecule has 1 heterocycles. The van der Waals surface area contributed by atoms with Crippen molar-refractivity contribution >= 4 is 17.7 Å². The zero-order valence-corrected chi connectivity index (χ0v) is 8.49. The Hall–Kier alpha value is -1.28. The summed E-state index contributed by atoms with van der Waals surface area (Å²) in [6.07, 6.45) is 1.40. The maximum Gasteiger partial charge on any atom is 0.237 e. The number of carbonyl (C=O) groups excluding carboxylic acids is 1. The summed E-state index contributed by atoms with van der Waals surface area (Å²) in [6, 6.07) is 0. The van der Waals surface area contributed by atoms with Crippen molar-refractivity contribution in [1.82, 2.24) is 20.3 Å². The van der Waals surface area contributed by atoms with Gasteiger partial charge in [-0.25, -0.2) is 10.5 Å². The fraction of sp³-hybridized carbons (Fsp3) is 0.500. The molecule has 1 rings (SSSR count). The van der Waals surface area contributed by atoms with Crippen LogP contribution in [0.3, 0.4) is 0 Å². The number of aromatic nitrogens is 3. The van der Waals surface area contributed by atoms with E-state index >= 15 is 0 Å². The lowest BCUT2D eigenvalue weighted by Gasteiger charge is -2.07. The molecule has 0 aliphatic heterocycles. The van der Waals surface area contributed by atoms with Gasteiger partial charge in [0.1, 0.15) is 6.33 Å². The van der Waals surface area contributed by atoms with E-state index < -0.39 is 0 Å². The van der Waals surface area contributed by atoms with Crippen LogP contribution in [0, 0.1) is 5.92 Å². The van der Waals surface area contributed by atoms with Crippen molar-refractivity contribution in [2.24, 2.45) is 11.8 Å². The summed E-state index contributed by atoms with van der Waals surface area (Å²) in [4.78, 5) is 11.0. The molecule has 1 aromatic heterocycles. The second kappa shape index (κ2) is 4.82. The third-order valence-corrected chi connectivity index (χ3v) is 2.81. The minimum absolute atomic E-state index is 0.193. The van der Waals surface area contributed by atoms with Crippen LogP contribution in [0.25, 0.3) is 0 Å². The molecule has 0 fully saturated rings. The highest BCUT2D eigenvalue weighted by molar-refractivity contribution is 7.99. The molecule has 1 unspecified atom stereocenters. The van der Waals surface area contributed by atoms with Crippen molar-refractivity contribution in [2.75, 3.05) is 11.6 Å². The second-order valence-electron chi connectivity index (χ2n) is 2.74. The van der Waals surface area contributed by atoms with Gasteiger partial charge in [-0.15, -0.1) is 10.2 Å². The van der Waals surface area contributed by atoms with Gasteiger partial charge in [0.25, 0.3) is 0 Å². The number of nitrogens with zero attached hydrogens (tertiary/aromatic N) is 3. The van der Waals surface area contributed by atoms with Crippen LogP contribution in [0.5, 0.6) is 0 Å². The first-order valence-corrected chi connectivity index (χ1v) is 4.92. The quantitative estimate of drug-likeness (QED) is 0.250. The Morgan fingerprint density at radius 3 is 3.07 bits per heavy atom. The molecule has 14 heavy (non-hydrogen) atoms. The van der Waals surface area contributed by atoms with Gasteiger partial charge in [-0.2, -0.15) is 0 Å². The van der Waals surface area contributed by atoms with Crippen molar-refractivity contribution < 1.29 is 4.79 Å². The average Bonchev–Trinajstić information content (AvgIpc) is 2.59. The Bertz CT molecular complexity index is 313. The average molecular weight is 216 g/mol. The molecule has 5 N–H and O–H groups in total. The number of carbonyl (C=O) groups is 1. The molecule has 0 aromatic carbocycles. The van der Waals surface area contributed by atoms with Gasteiger partial charge in [0.05, 0.1) is 0 Å². The van der Waals surface area contributed by atoms with Gasteiger partial charge >= 0.3 is 0 Å². The number of hydrogen-bond acceptors (Lipinski definition) is 6. The minimum Gasteiger partial charge on any atom is -0.336 e. The molecule has 0 saturated carbocycles. The van der Waals surface area contributed by atoms with Crippen LogP contribution < -0.4 is 17.1 Å². The van der Waals surface area contributed by atoms with Crippen molar-refractivity contribution in [3.05, 3.63) is 6.33 Å². The summed E-state index contributed by atoms with van der Waals surface area (Å²) in [5, 5.41) is 7.94. The van der Waals surface area contributed by atoms with Gasteiger partial charge in [0, 0.05) is 11.7 Å². The Labute approximate surface area is 85.2 Å². The molecule has 1 atom stereocenters. The highest BCUT2D eigenvalue weighted by atomic mass is 32.2. The van der Waals surface area contributed by atoms with E-state index in [0.717, 1.165) is 0 Å². The van der Waals surface area contributed by atoms with Crippen LogP contribution in [-0.2, 0) is 4.79 Å². The number of hydrogen-bond donors (Lipinski definition) is 3. The molecule has 78 valence electrons. The van der Waals surface area contributed by atoms with Crippen molar-refractivity contribution in [2.45, 2.75) is 12.1 Å². The third-order valence-electron chi connectivity index (χ3n) is 1.59. The Balaban J connectivity index is 2.41. The van der Waals surface area contributed by atoms with E-state index in [2.05, 4.69) is 15.6 Å². The molecule has 0 aliphatic carbocycles. The summed E-state index contributed by atoms with van der Waals surface area (Å²) >= 11 is 1.35. The first-order valence-electron chi connectivity index (χ1n) is 3.93. The van der Waals surface area contributed by atoms with Gasteiger partial charge in [-0.1, -0.05) is 18.7 Å². The molecule has 0 bridgehead atoms. The molecular weight excluding hydrogens is 204 g/mol. The van der Waals surface area contributed by atoms with E-state index in [-0.39, 0.29) is 11.8 Å². The molecule has 0 radical (unpaired) electrons. The summed E-state index contributed by atoms with van der Waals surface area (Å²) in [5.41, 5.74) is 2.08. The van der Waals surface area contributed by atoms with Gasteiger partial charge in [0.15, 0.2) is 0 Å². The monoisotopic (exact) mass is 216 g/mol. The SMILES string of the molecule is CC(CSc1nncn1N)C(=O)NN. The van der Waals surface area contributed by atoms with Crippen LogP contribution in [0.2, 0.25) is 0 Å². The highest BCUT2D eigenvalue weighted by Crippen LogP contribution is 2.16. The first-order chi connectivity index (χ1) is 6.65. The van der Waals surface area contributed by atoms with E-state index in [1.54, 1.807) is 6.92 Å². The lowest BCUT2D eigenvalue weighted by molar-refractivity contribution is -0.123. The molecule has 7 nitrogen and oxygen atoms in total. The lowest BCUT2D eigenvalue weighted by Crippen LogP contribution is -2.35. The maximum absolute atomic E-state index is 11.0. The largest absolute Gasteiger partial charge is 0.336 e. The summed E-state index contributed by atoms with van der Waals surface area (Å²) < 4.78 is 1.30. The topological polar surface area (TPSA) is 112 Å². The van der Waals surface area contributed by atoms with Gasteiger partial charge in [0.2, 0.25) is 11.1 Å². The summed E-state index contributed by atoms with van der Waals surface area (Å²) in [7, 11) is 0. The second-order valence-corrected chi connectivity index (χ2v) is 3.73. The number of nitrogen functional groups attached to an aromatic ring is 1. The first kappa shape index (κ1) is 10.8. The number of rotatable bonds is 4. The molecule has 1 amide bonds. The molecule has 1 aromatic rings. The van der Waals surface area contributed by atoms with Crippen molar-refractivity contribution in [3.8, 4) is 0 Å². The molecule has 0 spiro atoms. The molecular formula is C6H12N6OS. The van der Waals surface area contributed by atoms with E-state index in [1.807, 2.05) is 0 Å². The standard InChI is InChI=1S/C6H12N6OS/c1-4(5(13)10-7)2-14-6-11-9-3-12(6)8/h3-4H,2,7-8H2,1H3,(H,10,13). The number of thioether (sulfide) groups is 1. The zero-order chi connectivity index (χ0) is 10.6. The molecule has 8 heteroatoms. The number of amides is 1. The minimum atomic E-state index is -0.208. The van der Waals surface area contributed by atoms with Crippen LogP contribution in [0.4, 0.5) is 0 Å². The van der Waals surface area contributed by atoms with E-state index in [4.69, 9.17) is 11.7 Å². The third kappa shape index (κ3) is 2.60. The molecule has 0 saturated heterocycles. The van der Waals surface area contributed by atoms with Crippen molar-refractivity contribution in [1.29, 1.82) is 0 Å². The van der Waals surface area contributed by atoms with Gasteiger partial charge < -0.3 is 5.84 Å². The lowest BCUT2D eigenvalue weighted by atomic mass is 10.2.